The first-order valence-electron chi connectivity index (χ1n) is 6.07. The Morgan fingerprint density at radius 2 is 2.15 bits per heavy atom. The highest BCUT2D eigenvalue weighted by Crippen LogP contribution is 2.31. The summed E-state index contributed by atoms with van der Waals surface area (Å²) in [7, 11) is 0. The molecule has 0 bridgehead atoms. The maximum Gasteiger partial charge on any atom is 0.377 e. The number of benzene rings is 1. The summed E-state index contributed by atoms with van der Waals surface area (Å²) in [5.74, 6) is -5.08. The smallest absolute Gasteiger partial charge is 0.377 e. The van der Waals surface area contributed by atoms with Gasteiger partial charge in [0.05, 0.1) is 13.0 Å². The molecule has 1 fully saturated rings. The Hall–Kier alpha value is -2.18. The molecule has 0 aliphatic carbocycles. The van der Waals surface area contributed by atoms with Gasteiger partial charge in [-0.25, -0.2) is 4.79 Å². The van der Waals surface area contributed by atoms with Crippen LogP contribution >= 0.6 is 0 Å². The second-order valence-electron chi connectivity index (χ2n) is 4.58. The predicted molar refractivity (Wildman–Crippen MR) is 68.7 cm³/mol. The summed E-state index contributed by atoms with van der Waals surface area (Å²) < 4.78 is 30.5. The van der Waals surface area contributed by atoms with Gasteiger partial charge in [-0.05, 0) is 18.2 Å². The monoisotopic (exact) mass is 284 g/mol. The van der Waals surface area contributed by atoms with Gasteiger partial charge in [-0.15, -0.1) is 0 Å². The summed E-state index contributed by atoms with van der Waals surface area (Å²) in [5, 5.41) is 5.51. The molecule has 108 valence electrons. The maximum absolute atomic E-state index is 13.0. The fraction of sp³-hybridized carbons (Fsp3) is 0.385. The van der Waals surface area contributed by atoms with E-state index in [9.17, 15) is 18.4 Å². The highest BCUT2D eigenvalue weighted by atomic mass is 19.3. The number of anilines is 2. The van der Waals surface area contributed by atoms with Gasteiger partial charge in [-0.1, -0.05) is 6.07 Å². The molecule has 1 heterocycles. The largest absolute Gasteiger partial charge is 0.456 e. The minimum atomic E-state index is -3.40. The van der Waals surface area contributed by atoms with Crippen LogP contribution in [0.15, 0.2) is 24.3 Å². The van der Waals surface area contributed by atoms with E-state index >= 15 is 0 Å². The molecular weight excluding hydrogens is 270 g/mol. The van der Waals surface area contributed by atoms with Crippen molar-refractivity contribution in [2.45, 2.75) is 25.4 Å². The highest BCUT2D eigenvalue weighted by Gasteiger charge is 2.50. The lowest BCUT2D eigenvalue weighted by molar-refractivity contribution is -0.158. The molecule has 1 aliphatic heterocycles. The fourth-order valence-electron chi connectivity index (χ4n) is 1.90. The average molecular weight is 284 g/mol. The van der Waals surface area contributed by atoms with Crippen LogP contribution in [-0.2, 0) is 14.3 Å². The van der Waals surface area contributed by atoms with Crippen LogP contribution in [0.2, 0.25) is 0 Å². The zero-order valence-electron chi connectivity index (χ0n) is 10.8. The first-order valence-corrected chi connectivity index (χ1v) is 6.07. The van der Waals surface area contributed by atoms with E-state index in [0.29, 0.717) is 11.4 Å². The van der Waals surface area contributed by atoms with E-state index in [1.54, 1.807) is 24.3 Å². The number of cyclic esters (lactones) is 1. The van der Waals surface area contributed by atoms with Gasteiger partial charge < -0.3 is 15.4 Å². The van der Waals surface area contributed by atoms with Crippen LogP contribution in [-0.4, -0.2) is 30.4 Å². The first-order chi connectivity index (χ1) is 9.37. The maximum atomic E-state index is 13.0. The molecule has 7 heteroatoms. The lowest BCUT2D eigenvalue weighted by Crippen LogP contribution is -2.22. The Morgan fingerprint density at radius 1 is 1.45 bits per heavy atom. The molecule has 1 amide bonds. The van der Waals surface area contributed by atoms with Crippen molar-refractivity contribution in [3.05, 3.63) is 24.3 Å². The third-order valence-corrected chi connectivity index (χ3v) is 2.77. The van der Waals surface area contributed by atoms with E-state index in [-0.39, 0.29) is 12.5 Å². The van der Waals surface area contributed by atoms with Crippen LogP contribution < -0.4 is 10.6 Å². The van der Waals surface area contributed by atoms with Crippen molar-refractivity contribution >= 4 is 23.3 Å². The standard InChI is InChI=1S/C13H14F2N2O3/c1-8(18)17-10-4-2-3-9(5-10)16-7-11-6-13(14,15)12(19)20-11/h2-5,11,16H,6-7H2,1H3,(H,17,18). The molecule has 0 aromatic heterocycles. The van der Waals surface area contributed by atoms with Crippen molar-refractivity contribution in [3.8, 4) is 0 Å². The first kappa shape index (κ1) is 14.2. The van der Waals surface area contributed by atoms with Crippen molar-refractivity contribution < 1.29 is 23.1 Å². The topological polar surface area (TPSA) is 67.4 Å². The van der Waals surface area contributed by atoms with Crippen molar-refractivity contribution in [3.63, 3.8) is 0 Å². The van der Waals surface area contributed by atoms with Gasteiger partial charge in [0.15, 0.2) is 0 Å². The summed E-state index contributed by atoms with van der Waals surface area (Å²) in [5.41, 5.74) is 1.23. The molecule has 5 nitrogen and oxygen atoms in total. The minimum Gasteiger partial charge on any atom is -0.456 e. The number of halogens is 2. The molecule has 1 saturated heterocycles. The Labute approximate surface area is 114 Å². The van der Waals surface area contributed by atoms with Gasteiger partial charge in [-0.3, -0.25) is 4.79 Å². The Balaban J connectivity index is 1.92. The number of hydrogen-bond donors (Lipinski definition) is 2. The van der Waals surface area contributed by atoms with Gasteiger partial charge in [0, 0.05) is 18.3 Å². The molecule has 1 unspecified atom stereocenters. The number of carbonyl (C=O) groups is 2. The van der Waals surface area contributed by atoms with Crippen molar-refractivity contribution in [1.82, 2.24) is 0 Å². The average Bonchev–Trinajstić information content (AvgIpc) is 2.60. The fourth-order valence-corrected chi connectivity index (χ4v) is 1.90. The summed E-state index contributed by atoms with van der Waals surface area (Å²) in [6.45, 7) is 1.48. The molecule has 1 aliphatic rings. The third-order valence-electron chi connectivity index (χ3n) is 2.77. The van der Waals surface area contributed by atoms with Crippen LogP contribution in [0.25, 0.3) is 0 Å². The lowest BCUT2D eigenvalue weighted by Gasteiger charge is -2.12. The van der Waals surface area contributed by atoms with E-state index in [1.165, 1.54) is 6.92 Å². The summed E-state index contributed by atoms with van der Waals surface area (Å²) in [6.07, 6.45) is -1.48. The molecule has 2 N–H and O–H groups in total. The lowest BCUT2D eigenvalue weighted by atomic mass is 10.2. The second-order valence-corrected chi connectivity index (χ2v) is 4.58. The number of alkyl halides is 2. The number of hydrogen-bond acceptors (Lipinski definition) is 4. The van der Waals surface area contributed by atoms with Gasteiger partial charge in [0.2, 0.25) is 5.91 Å². The molecule has 0 saturated carbocycles. The molecule has 20 heavy (non-hydrogen) atoms. The molecule has 2 rings (SSSR count). The number of ether oxygens (including phenoxy) is 1. The number of carbonyl (C=O) groups excluding carboxylic acids is 2. The Bertz CT molecular complexity index is 534. The molecule has 1 atom stereocenters. The summed E-state index contributed by atoms with van der Waals surface area (Å²) >= 11 is 0. The Kier molecular flexibility index (Phi) is 3.87. The third kappa shape index (κ3) is 3.43. The van der Waals surface area contributed by atoms with E-state index in [2.05, 4.69) is 15.4 Å². The van der Waals surface area contributed by atoms with Crippen LogP contribution in [0.4, 0.5) is 20.2 Å². The second kappa shape index (κ2) is 5.44. The van der Waals surface area contributed by atoms with Crippen LogP contribution in [0.1, 0.15) is 13.3 Å². The predicted octanol–water partition coefficient (Wildman–Crippen LogP) is 2.01. The van der Waals surface area contributed by atoms with Crippen molar-refractivity contribution in [2.24, 2.45) is 0 Å². The van der Waals surface area contributed by atoms with Gasteiger partial charge >= 0.3 is 11.9 Å². The number of esters is 1. The molecule has 1 aromatic rings. The molecule has 0 radical (unpaired) electrons. The molecular formula is C13H14F2N2O3. The van der Waals surface area contributed by atoms with E-state index < -0.39 is 24.4 Å². The molecule has 0 spiro atoms. The number of rotatable bonds is 4. The number of amides is 1. The minimum absolute atomic E-state index is 0.0881. The van der Waals surface area contributed by atoms with Gasteiger partial charge in [0.1, 0.15) is 6.10 Å². The quantitative estimate of drug-likeness (QED) is 0.830. The van der Waals surface area contributed by atoms with E-state index in [1.807, 2.05) is 0 Å². The zero-order chi connectivity index (χ0) is 14.8. The van der Waals surface area contributed by atoms with Crippen LogP contribution in [0.3, 0.4) is 0 Å². The van der Waals surface area contributed by atoms with E-state index in [4.69, 9.17) is 0 Å². The highest BCUT2D eigenvalue weighted by molar-refractivity contribution is 5.89. The van der Waals surface area contributed by atoms with Gasteiger partial charge in [0.25, 0.3) is 0 Å². The molecule has 1 aromatic carbocycles. The van der Waals surface area contributed by atoms with E-state index in [0.717, 1.165) is 0 Å². The van der Waals surface area contributed by atoms with Gasteiger partial charge in [-0.2, -0.15) is 8.78 Å². The number of nitrogens with one attached hydrogen (secondary N) is 2. The zero-order valence-corrected chi connectivity index (χ0v) is 10.8. The van der Waals surface area contributed by atoms with Crippen molar-refractivity contribution in [2.75, 3.05) is 17.2 Å². The van der Waals surface area contributed by atoms with Crippen molar-refractivity contribution in [1.29, 1.82) is 0 Å². The summed E-state index contributed by atoms with van der Waals surface area (Å²) in [4.78, 5) is 21.8. The Morgan fingerprint density at radius 3 is 2.75 bits per heavy atom. The van der Waals surface area contributed by atoms with Crippen LogP contribution in [0.5, 0.6) is 0 Å². The normalized spacial score (nSPS) is 20.4. The summed E-state index contributed by atoms with van der Waals surface area (Å²) in [6, 6.07) is 6.80. The van der Waals surface area contributed by atoms with Crippen LogP contribution in [0, 0.1) is 0 Å². The SMILES string of the molecule is CC(=O)Nc1cccc(NCC2CC(F)(F)C(=O)O2)c1.